The SMILES string of the molecule is CCC(N)CO[Si](C)OCCN. The Kier molecular flexibility index (Phi) is 7.73. The molecule has 1 unspecified atom stereocenters. The van der Waals surface area contributed by atoms with E-state index in [1.165, 1.54) is 0 Å². The van der Waals surface area contributed by atoms with E-state index in [1.54, 1.807) is 0 Å². The molecule has 1 atom stereocenters. The topological polar surface area (TPSA) is 70.5 Å². The summed E-state index contributed by atoms with van der Waals surface area (Å²) >= 11 is 0. The minimum atomic E-state index is -1.12. The van der Waals surface area contributed by atoms with E-state index in [0.717, 1.165) is 6.42 Å². The summed E-state index contributed by atoms with van der Waals surface area (Å²) in [6, 6.07) is 0.131. The first kappa shape index (κ1) is 12.1. The molecule has 0 fully saturated rings. The van der Waals surface area contributed by atoms with Crippen LogP contribution in [0.15, 0.2) is 0 Å². The van der Waals surface area contributed by atoms with Crippen LogP contribution in [0.5, 0.6) is 0 Å². The molecule has 0 saturated carbocycles. The molecule has 0 spiro atoms. The van der Waals surface area contributed by atoms with Gasteiger partial charge in [0.15, 0.2) is 0 Å². The lowest BCUT2D eigenvalue weighted by Gasteiger charge is -2.13. The Balaban J connectivity index is 3.24. The zero-order valence-electron chi connectivity index (χ0n) is 7.88. The van der Waals surface area contributed by atoms with Crippen molar-refractivity contribution < 1.29 is 8.85 Å². The summed E-state index contributed by atoms with van der Waals surface area (Å²) in [6.45, 7) is 5.70. The Labute approximate surface area is 76.1 Å². The second-order valence-corrected chi connectivity index (χ2v) is 4.17. The lowest BCUT2D eigenvalue weighted by molar-refractivity contribution is 0.194. The van der Waals surface area contributed by atoms with Crippen molar-refractivity contribution in [3.05, 3.63) is 0 Å². The van der Waals surface area contributed by atoms with Gasteiger partial charge in [0.05, 0.1) is 6.61 Å². The molecule has 0 bridgehead atoms. The second-order valence-electron chi connectivity index (χ2n) is 2.61. The molecule has 0 aromatic rings. The van der Waals surface area contributed by atoms with Crippen LogP contribution in [-0.4, -0.2) is 35.1 Å². The first-order chi connectivity index (χ1) is 5.70. The smallest absolute Gasteiger partial charge is 0.381 e. The van der Waals surface area contributed by atoms with Crippen LogP contribution in [0.2, 0.25) is 6.55 Å². The van der Waals surface area contributed by atoms with Gasteiger partial charge < -0.3 is 20.3 Å². The fraction of sp³-hybridized carbons (Fsp3) is 1.00. The van der Waals surface area contributed by atoms with Crippen molar-refractivity contribution >= 4 is 9.28 Å². The summed E-state index contributed by atoms with van der Waals surface area (Å²) in [4.78, 5) is 0. The van der Waals surface area contributed by atoms with Gasteiger partial charge in [0.1, 0.15) is 0 Å². The van der Waals surface area contributed by atoms with Crippen molar-refractivity contribution in [2.24, 2.45) is 11.5 Å². The highest BCUT2D eigenvalue weighted by molar-refractivity contribution is 6.42. The van der Waals surface area contributed by atoms with E-state index < -0.39 is 9.28 Å². The minimum absolute atomic E-state index is 0.131. The fourth-order valence-electron chi connectivity index (χ4n) is 0.587. The van der Waals surface area contributed by atoms with Gasteiger partial charge in [-0.3, -0.25) is 0 Å². The lowest BCUT2D eigenvalue weighted by Crippen LogP contribution is -2.31. The Morgan fingerprint density at radius 1 is 1.42 bits per heavy atom. The van der Waals surface area contributed by atoms with Crippen molar-refractivity contribution in [3.8, 4) is 0 Å². The molecule has 5 heteroatoms. The van der Waals surface area contributed by atoms with Crippen molar-refractivity contribution in [3.63, 3.8) is 0 Å². The maximum absolute atomic E-state index is 5.66. The molecule has 0 amide bonds. The van der Waals surface area contributed by atoms with E-state index in [0.29, 0.717) is 19.8 Å². The van der Waals surface area contributed by atoms with Gasteiger partial charge in [0, 0.05) is 19.2 Å². The molecule has 0 rings (SSSR count). The monoisotopic (exact) mass is 191 g/mol. The van der Waals surface area contributed by atoms with Gasteiger partial charge in [0.2, 0.25) is 0 Å². The summed E-state index contributed by atoms with van der Waals surface area (Å²) in [5.41, 5.74) is 10.9. The van der Waals surface area contributed by atoms with E-state index in [9.17, 15) is 0 Å². The number of rotatable bonds is 7. The Bertz CT molecular complexity index is 105. The zero-order valence-corrected chi connectivity index (χ0v) is 8.88. The summed E-state index contributed by atoms with van der Waals surface area (Å²) < 4.78 is 10.7. The fourth-order valence-corrected chi connectivity index (χ4v) is 1.52. The normalized spacial score (nSPS) is 13.8. The molecule has 4 N–H and O–H groups in total. The average molecular weight is 191 g/mol. The van der Waals surface area contributed by atoms with Crippen LogP contribution in [0.4, 0.5) is 0 Å². The molecular formula is C7H19N2O2Si. The molecule has 0 aromatic heterocycles. The van der Waals surface area contributed by atoms with Gasteiger partial charge in [-0.1, -0.05) is 6.92 Å². The molecule has 4 nitrogen and oxygen atoms in total. The number of hydrogen-bond acceptors (Lipinski definition) is 4. The molecule has 73 valence electrons. The van der Waals surface area contributed by atoms with E-state index in [-0.39, 0.29) is 6.04 Å². The summed E-state index contributed by atoms with van der Waals surface area (Å²) in [5, 5.41) is 0. The first-order valence-electron chi connectivity index (χ1n) is 4.25. The van der Waals surface area contributed by atoms with Gasteiger partial charge >= 0.3 is 9.28 Å². The van der Waals surface area contributed by atoms with E-state index in [4.69, 9.17) is 20.3 Å². The van der Waals surface area contributed by atoms with Crippen LogP contribution in [0, 0.1) is 0 Å². The van der Waals surface area contributed by atoms with Gasteiger partial charge in [-0.05, 0) is 13.0 Å². The third-order valence-corrected chi connectivity index (χ3v) is 2.63. The molecule has 0 aliphatic rings. The largest absolute Gasteiger partial charge is 0.392 e. The molecule has 0 heterocycles. The van der Waals surface area contributed by atoms with Gasteiger partial charge in [0.25, 0.3) is 0 Å². The third-order valence-electron chi connectivity index (χ3n) is 1.45. The molecule has 12 heavy (non-hydrogen) atoms. The molecule has 0 aliphatic carbocycles. The molecule has 0 saturated heterocycles. The van der Waals surface area contributed by atoms with Crippen molar-refractivity contribution in [1.82, 2.24) is 0 Å². The van der Waals surface area contributed by atoms with Crippen LogP contribution in [0.3, 0.4) is 0 Å². The Hall–Kier alpha value is 0.0569. The van der Waals surface area contributed by atoms with Gasteiger partial charge in [-0.2, -0.15) is 0 Å². The minimum Gasteiger partial charge on any atom is -0.392 e. The highest BCUT2D eigenvalue weighted by atomic mass is 28.3. The Morgan fingerprint density at radius 2 is 2.08 bits per heavy atom. The van der Waals surface area contributed by atoms with Crippen LogP contribution < -0.4 is 11.5 Å². The van der Waals surface area contributed by atoms with E-state index >= 15 is 0 Å². The highest BCUT2D eigenvalue weighted by Crippen LogP contribution is 1.92. The Morgan fingerprint density at radius 3 is 2.58 bits per heavy atom. The van der Waals surface area contributed by atoms with Crippen LogP contribution >= 0.6 is 0 Å². The van der Waals surface area contributed by atoms with Crippen molar-refractivity contribution in [2.75, 3.05) is 19.8 Å². The predicted octanol–water partition coefficient (Wildman–Crippen LogP) is -0.166. The maximum atomic E-state index is 5.66. The third kappa shape index (κ3) is 6.75. The molecule has 0 aliphatic heterocycles. The van der Waals surface area contributed by atoms with E-state index in [1.807, 2.05) is 13.5 Å². The molecular weight excluding hydrogens is 172 g/mol. The standard InChI is InChI=1S/C7H19N2O2Si/c1-3-7(9)6-11-12(2)10-5-4-8/h7H,3-6,8-9H2,1-2H3. The highest BCUT2D eigenvalue weighted by Gasteiger charge is 2.08. The first-order valence-corrected chi connectivity index (χ1v) is 6.07. The van der Waals surface area contributed by atoms with Gasteiger partial charge in [-0.25, -0.2) is 0 Å². The zero-order chi connectivity index (χ0) is 9.40. The molecule has 1 radical (unpaired) electrons. The summed E-state index contributed by atoms with van der Waals surface area (Å²) in [7, 11) is -1.12. The quantitative estimate of drug-likeness (QED) is 0.548. The van der Waals surface area contributed by atoms with Crippen molar-refractivity contribution in [2.45, 2.75) is 25.9 Å². The van der Waals surface area contributed by atoms with Crippen LogP contribution in [-0.2, 0) is 8.85 Å². The lowest BCUT2D eigenvalue weighted by atomic mass is 10.3. The summed E-state index contributed by atoms with van der Waals surface area (Å²) in [5.74, 6) is 0. The van der Waals surface area contributed by atoms with Crippen LogP contribution in [0.1, 0.15) is 13.3 Å². The second kappa shape index (κ2) is 7.69. The maximum Gasteiger partial charge on any atom is 0.381 e. The number of nitrogens with two attached hydrogens (primary N) is 2. The van der Waals surface area contributed by atoms with E-state index in [2.05, 4.69) is 0 Å². The average Bonchev–Trinajstić information content (AvgIpc) is 2.10. The summed E-state index contributed by atoms with van der Waals surface area (Å²) in [6.07, 6.45) is 0.937. The van der Waals surface area contributed by atoms with Gasteiger partial charge in [-0.15, -0.1) is 0 Å². The predicted molar refractivity (Wildman–Crippen MR) is 50.8 cm³/mol. The number of hydrogen-bond donors (Lipinski definition) is 2. The van der Waals surface area contributed by atoms with Crippen molar-refractivity contribution in [1.29, 1.82) is 0 Å². The molecule has 0 aromatic carbocycles. The van der Waals surface area contributed by atoms with Crippen LogP contribution in [0.25, 0.3) is 0 Å².